The van der Waals surface area contributed by atoms with Gasteiger partial charge in [0, 0.05) is 19.1 Å². The maximum atomic E-state index is 3.69. The lowest BCUT2D eigenvalue weighted by Crippen LogP contribution is -2.36. The fourth-order valence-corrected chi connectivity index (χ4v) is 2.52. The average molecular weight is 212 g/mol. The molecule has 0 unspecified atom stereocenters. The molecule has 0 aliphatic heterocycles. The highest BCUT2D eigenvalue weighted by Crippen LogP contribution is 2.17. The van der Waals surface area contributed by atoms with Crippen LogP contribution in [0.1, 0.15) is 52.4 Å². The Labute approximate surface area is 95.4 Å². The molecule has 2 heteroatoms. The Kier molecular flexibility index (Phi) is 7.03. The van der Waals surface area contributed by atoms with Gasteiger partial charge in [0.05, 0.1) is 0 Å². The number of hydrogen-bond acceptors (Lipinski definition) is 2. The predicted molar refractivity (Wildman–Crippen MR) is 67.3 cm³/mol. The van der Waals surface area contributed by atoms with E-state index in [0.29, 0.717) is 0 Å². The third-order valence-corrected chi connectivity index (χ3v) is 3.30. The first-order chi connectivity index (χ1) is 7.36. The van der Waals surface area contributed by atoms with E-state index in [0.717, 1.165) is 6.04 Å². The monoisotopic (exact) mass is 212 g/mol. The van der Waals surface area contributed by atoms with Crippen LogP contribution < -0.4 is 5.32 Å². The van der Waals surface area contributed by atoms with Gasteiger partial charge in [-0.3, -0.25) is 0 Å². The van der Waals surface area contributed by atoms with Crippen molar-refractivity contribution in [1.29, 1.82) is 0 Å². The van der Waals surface area contributed by atoms with Crippen LogP contribution in [0.4, 0.5) is 0 Å². The minimum atomic E-state index is 0.829. The number of nitrogens with zero attached hydrogens (tertiary/aromatic N) is 1. The number of hydrogen-bond donors (Lipinski definition) is 1. The average Bonchev–Trinajstić information content (AvgIpc) is 2.71. The lowest BCUT2D eigenvalue weighted by Gasteiger charge is -2.22. The molecule has 0 amide bonds. The standard InChI is InChI=1S/C13H28N2/c1-3-10-15(11-4-2)12-9-14-13-7-5-6-8-13/h13-14H,3-12H2,1-2H3. The first-order valence-corrected chi connectivity index (χ1v) is 6.82. The summed E-state index contributed by atoms with van der Waals surface area (Å²) in [6, 6.07) is 0.829. The SMILES string of the molecule is CCCN(CCC)CCNC1CCCC1. The topological polar surface area (TPSA) is 15.3 Å². The van der Waals surface area contributed by atoms with E-state index in [4.69, 9.17) is 0 Å². The Morgan fingerprint density at radius 3 is 2.13 bits per heavy atom. The second kappa shape index (κ2) is 8.12. The zero-order valence-corrected chi connectivity index (χ0v) is 10.6. The fraction of sp³-hybridized carbons (Fsp3) is 1.00. The van der Waals surface area contributed by atoms with Gasteiger partial charge in [-0.05, 0) is 38.8 Å². The summed E-state index contributed by atoms with van der Waals surface area (Å²) < 4.78 is 0. The molecule has 1 N–H and O–H groups in total. The fourth-order valence-electron chi connectivity index (χ4n) is 2.52. The van der Waals surface area contributed by atoms with Crippen LogP contribution in [0, 0.1) is 0 Å². The van der Waals surface area contributed by atoms with E-state index in [9.17, 15) is 0 Å². The highest BCUT2D eigenvalue weighted by Gasteiger charge is 2.13. The Balaban J connectivity index is 2.04. The van der Waals surface area contributed by atoms with Crippen molar-refractivity contribution >= 4 is 0 Å². The van der Waals surface area contributed by atoms with Crippen molar-refractivity contribution in [3.63, 3.8) is 0 Å². The van der Waals surface area contributed by atoms with Gasteiger partial charge >= 0.3 is 0 Å². The van der Waals surface area contributed by atoms with Gasteiger partial charge in [0.1, 0.15) is 0 Å². The van der Waals surface area contributed by atoms with Crippen LogP contribution in [0.3, 0.4) is 0 Å². The van der Waals surface area contributed by atoms with Gasteiger partial charge in [-0.25, -0.2) is 0 Å². The van der Waals surface area contributed by atoms with Crippen molar-refractivity contribution in [2.24, 2.45) is 0 Å². The lowest BCUT2D eigenvalue weighted by molar-refractivity contribution is 0.269. The summed E-state index contributed by atoms with van der Waals surface area (Å²) in [6.07, 6.45) is 8.24. The number of rotatable bonds is 8. The highest BCUT2D eigenvalue weighted by atomic mass is 15.1. The second-order valence-electron chi connectivity index (χ2n) is 4.78. The van der Waals surface area contributed by atoms with E-state index >= 15 is 0 Å². The first kappa shape index (κ1) is 13.0. The van der Waals surface area contributed by atoms with E-state index in [1.807, 2.05) is 0 Å². The maximum absolute atomic E-state index is 3.69. The predicted octanol–water partition coefficient (Wildman–Crippen LogP) is 2.64. The molecule has 0 aromatic heterocycles. The minimum Gasteiger partial charge on any atom is -0.313 e. The largest absolute Gasteiger partial charge is 0.313 e. The van der Waals surface area contributed by atoms with Crippen molar-refractivity contribution < 1.29 is 0 Å². The molecule has 1 saturated carbocycles. The van der Waals surface area contributed by atoms with Crippen LogP contribution in [0.15, 0.2) is 0 Å². The molecule has 1 rings (SSSR count). The summed E-state index contributed by atoms with van der Waals surface area (Å²) in [5, 5.41) is 3.69. The smallest absolute Gasteiger partial charge is 0.0107 e. The molecule has 15 heavy (non-hydrogen) atoms. The molecule has 0 heterocycles. The van der Waals surface area contributed by atoms with E-state index < -0.39 is 0 Å². The van der Waals surface area contributed by atoms with E-state index in [1.54, 1.807) is 0 Å². The highest BCUT2D eigenvalue weighted by molar-refractivity contribution is 4.74. The zero-order chi connectivity index (χ0) is 10.9. The second-order valence-corrected chi connectivity index (χ2v) is 4.78. The molecule has 0 aromatic carbocycles. The normalized spacial score (nSPS) is 17.8. The molecule has 1 aliphatic carbocycles. The summed E-state index contributed by atoms with van der Waals surface area (Å²) in [4.78, 5) is 2.59. The van der Waals surface area contributed by atoms with Gasteiger partial charge < -0.3 is 10.2 Å². The maximum Gasteiger partial charge on any atom is 0.0107 e. The molecule has 0 aromatic rings. The quantitative estimate of drug-likeness (QED) is 0.665. The van der Waals surface area contributed by atoms with E-state index in [-0.39, 0.29) is 0 Å². The Morgan fingerprint density at radius 2 is 1.60 bits per heavy atom. The molecule has 0 atom stereocenters. The Morgan fingerprint density at radius 1 is 1.00 bits per heavy atom. The molecule has 0 saturated heterocycles. The van der Waals surface area contributed by atoms with Crippen molar-refractivity contribution in [1.82, 2.24) is 10.2 Å². The molecule has 0 radical (unpaired) electrons. The van der Waals surface area contributed by atoms with E-state index in [1.165, 1.54) is 64.7 Å². The molecule has 90 valence electrons. The van der Waals surface area contributed by atoms with Crippen LogP contribution in [0.5, 0.6) is 0 Å². The molecule has 0 spiro atoms. The summed E-state index contributed by atoms with van der Waals surface area (Å²) in [5.41, 5.74) is 0. The van der Waals surface area contributed by atoms with Gasteiger partial charge in [0.15, 0.2) is 0 Å². The zero-order valence-electron chi connectivity index (χ0n) is 10.6. The molecule has 0 bridgehead atoms. The summed E-state index contributed by atoms with van der Waals surface area (Å²) in [6.45, 7) is 9.49. The lowest BCUT2D eigenvalue weighted by atomic mass is 10.2. The Bertz CT molecular complexity index is 135. The van der Waals surface area contributed by atoms with Crippen LogP contribution >= 0.6 is 0 Å². The van der Waals surface area contributed by atoms with Crippen LogP contribution in [-0.4, -0.2) is 37.1 Å². The van der Waals surface area contributed by atoms with Gasteiger partial charge in [-0.15, -0.1) is 0 Å². The molecule has 1 aliphatic rings. The summed E-state index contributed by atoms with van der Waals surface area (Å²) >= 11 is 0. The van der Waals surface area contributed by atoms with Crippen molar-refractivity contribution in [2.45, 2.75) is 58.4 Å². The van der Waals surface area contributed by atoms with Crippen LogP contribution in [0.25, 0.3) is 0 Å². The summed E-state index contributed by atoms with van der Waals surface area (Å²) in [7, 11) is 0. The van der Waals surface area contributed by atoms with Crippen LogP contribution in [0.2, 0.25) is 0 Å². The molecule has 2 nitrogen and oxygen atoms in total. The first-order valence-electron chi connectivity index (χ1n) is 6.82. The van der Waals surface area contributed by atoms with Crippen molar-refractivity contribution in [3.05, 3.63) is 0 Å². The summed E-state index contributed by atoms with van der Waals surface area (Å²) in [5.74, 6) is 0. The van der Waals surface area contributed by atoms with Gasteiger partial charge in [-0.1, -0.05) is 26.7 Å². The molecular formula is C13H28N2. The van der Waals surface area contributed by atoms with Crippen LogP contribution in [-0.2, 0) is 0 Å². The van der Waals surface area contributed by atoms with Crippen molar-refractivity contribution in [3.8, 4) is 0 Å². The third-order valence-electron chi connectivity index (χ3n) is 3.30. The van der Waals surface area contributed by atoms with Gasteiger partial charge in [0.25, 0.3) is 0 Å². The van der Waals surface area contributed by atoms with Crippen molar-refractivity contribution in [2.75, 3.05) is 26.2 Å². The van der Waals surface area contributed by atoms with Gasteiger partial charge in [-0.2, -0.15) is 0 Å². The minimum absolute atomic E-state index is 0.829. The van der Waals surface area contributed by atoms with E-state index in [2.05, 4.69) is 24.1 Å². The third kappa shape index (κ3) is 5.53. The van der Waals surface area contributed by atoms with Gasteiger partial charge in [0.2, 0.25) is 0 Å². The Hall–Kier alpha value is -0.0800. The number of nitrogens with one attached hydrogen (secondary N) is 1. The molecule has 1 fully saturated rings. The molecular weight excluding hydrogens is 184 g/mol.